The van der Waals surface area contributed by atoms with Gasteiger partial charge >= 0.3 is 0 Å². The Morgan fingerprint density at radius 1 is 0.885 bits per heavy atom. The Balaban J connectivity index is 1.90. The van der Waals surface area contributed by atoms with E-state index in [1.54, 1.807) is 30.3 Å². The van der Waals surface area contributed by atoms with Gasteiger partial charge in [0.25, 0.3) is 0 Å². The van der Waals surface area contributed by atoms with Crippen LogP contribution in [0, 0.1) is 0 Å². The maximum Gasteiger partial charge on any atom is 0.200 e. The second kappa shape index (κ2) is 8.23. The first-order valence-electron chi connectivity index (χ1n) is 9.14. The Hall–Kier alpha value is -2.53. The molecule has 3 aromatic rings. The standard InChI is InChI=1S/C21H25NO4/c1-4-22(5-2)11-12-25-16-8-10-18-20(14-16)26-19-13-15(24-6-3)7-9-17(19)21(18)23/h7-10,13-14H,4-6,11-12H2,1-3H3. The third kappa shape index (κ3) is 3.83. The summed E-state index contributed by atoms with van der Waals surface area (Å²) < 4.78 is 17.3. The largest absolute Gasteiger partial charge is 0.494 e. The van der Waals surface area contributed by atoms with Crippen molar-refractivity contribution >= 4 is 21.9 Å². The Morgan fingerprint density at radius 3 is 2.00 bits per heavy atom. The molecule has 0 aliphatic carbocycles. The van der Waals surface area contributed by atoms with Crippen LogP contribution in [0.2, 0.25) is 0 Å². The molecule has 0 saturated heterocycles. The van der Waals surface area contributed by atoms with E-state index in [1.165, 1.54) is 0 Å². The molecule has 0 atom stereocenters. The van der Waals surface area contributed by atoms with Crippen LogP contribution in [-0.2, 0) is 0 Å². The lowest BCUT2D eigenvalue weighted by Crippen LogP contribution is -2.27. The van der Waals surface area contributed by atoms with Crippen LogP contribution < -0.4 is 14.9 Å². The maximum atomic E-state index is 12.7. The zero-order valence-electron chi connectivity index (χ0n) is 15.6. The molecule has 0 N–H and O–H groups in total. The van der Waals surface area contributed by atoms with Crippen LogP contribution in [0.25, 0.3) is 21.9 Å². The zero-order chi connectivity index (χ0) is 18.5. The first-order chi connectivity index (χ1) is 12.7. The molecule has 1 aromatic heterocycles. The fourth-order valence-electron chi connectivity index (χ4n) is 2.99. The third-order valence-corrected chi connectivity index (χ3v) is 4.50. The highest BCUT2D eigenvalue weighted by Crippen LogP contribution is 2.25. The number of ether oxygens (including phenoxy) is 2. The summed E-state index contributed by atoms with van der Waals surface area (Å²) in [6, 6.07) is 10.7. The molecule has 0 aliphatic heterocycles. The molecule has 138 valence electrons. The van der Waals surface area contributed by atoms with Crippen molar-refractivity contribution in [2.45, 2.75) is 20.8 Å². The molecule has 3 rings (SSSR count). The van der Waals surface area contributed by atoms with Crippen molar-refractivity contribution in [1.82, 2.24) is 4.90 Å². The summed E-state index contributed by atoms with van der Waals surface area (Å²) in [6.45, 7) is 10.2. The van der Waals surface area contributed by atoms with Gasteiger partial charge in [0.05, 0.1) is 17.4 Å². The second-order valence-electron chi connectivity index (χ2n) is 6.06. The normalized spacial score (nSPS) is 11.4. The summed E-state index contributed by atoms with van der Waals surface area (Å²) in [7, 11) is 0. The van der Waals surface area contributed by atoms with Gasteiger partial charge in [-0.1, -0.05) is 13.8 Å². The summed E-state index contributed by atoms with van der Waals surface area (Å²) in [6.07, 6.45) is 0. The molecule has 2 aromatic carbocycles. The Kier molecular flexibility index (Phi) is 5.78. The predicted octanol–water partition coefficient (Wildman–Crippen LogP) is 4.07. The third-order valence-electron chi connectivity index (χ3n) is 4.50. The van der Waals surface area contributed by atoms with Crippen molar-refractivity contribution in [3.63, 3.8) is 0 Å². The van der Waals surface area contributed by atoms with Gasteiger partial charge in [-0.2, -0.15) is 0 Å². The maximum absolute atomic E-state index is 12.7. The minimum Gasteiger partial charge on any atom is -0.494 e. The van der Waals surface area contributed by atoms with Crippen molar-refractivity contribution < 1.29 is 13.9 Å². The Morgan fingerprint density at radius 2 is 1.46 bits per heavy atom. The van der Waals surface area contributed by atoms with Crippen LogP contribution in [0.3, 0.4) is 0 Å². The van der Waals surface area contributed by atoms with E-state index in [1.807, 2.05) is 13.0 Å². The summed E-state index contributed by atoms with van der Waals surface area (Å²) in [5, 5.41) is 1.11. The number of fused-ring (bicyclic) bond motifs is 2. The van der Waals surface area contributed by atoms with Crippen LogP contribution in [0.15, 0.2) is 45.6 Å². The van der Waals surface area contributed by atoms with Gasteiger partial charge in [-0.3, -0.25) is 4.79 Å². The molecule has 0 spiro atoms. The average molecular weight is 355 g/mol. The molecule has 0 bridgehead atoms. The van der Waals surface area contributed by atoms with E-state index < -0.39 is 0 Å². The number of hydrogen-bond donors (Lipinski definition) is 0. The summed E-state index contributed by atoms with van der Waals surface area (Å²) in [5.41, 5.74) is 1.00. The molecule has 1 heterocycles. The molecule has 0 amide bonds. The summed E-state index contributed by atoms with van der Waals surface area (Å²) in [5.74, 6) is 1.39. The molecule has 0 saturated carbocycles. The van der Waals surface area contributed by atoms with Crippen molar-refractivity contribution in [1.29, 1.82) is 0 Å². The molecule has 0 unspecified atom stereocenters. The van der Waals surface area contributed by atoms with Crippen LogP contribution in [0.5, 0.6) is 11.5 Å². The topological polar surface area (TPSA) is 51.9 Å². The number of nitrogens with zero attached hydrogens (tertiary/aromatic N) is 1. The minimum atomic E-state index is -0.0426. The van der Waals surface area contributed by atoms with Gasteiger partial charge in [0.2, 0.25) is 5.43 Å². The fraction of sp³-hybridized carbons (Fsp3) is 0.381. The molecule has 5 heteroatoms. The van der Waals surface area contributed by atoms with Gasteiger partial charge in [-0.25, -0.2) is 0 Å². The van der Waals surface area contributed by atoms with Crippen molar-refractivity contribution in [2.75, 3.05) is 32.8 Å². The van der Waals surface area contributed by atoms with Crippen LogP contribution in [0.4, 0.5) is 0 Å². The van der Waals surface area contributed by atoms with E-state index in [0.717, 1.165) is 19.6 Å². The second-order valence-corrected chi connectivity index (χ2v) is 6.06. The highest BCUT2D eigenvalue weighted by atomic mass is 16.5. The Labute approximate surface area is 153 Å². The Bertz CT molecular complexity index is 944. The van der Waals surface area contributed by atoms with Crippen LogP contribution >= 0.6 is 0 Å². The number of rotatable bonds is 8. The predicted molar refractivity (Wildman–Crippen MR) is 104 cm³/mol. The van der Waals surface area contributed by atoms with Gasteiger partial charge in [0.15, 0.2) is 0 Å². The van der Waals surface area contributed by atoms with E-state index in [-0.39, 0.29) is 5.43 Å². The fourth-order valence-corrected chi connectivity index (χ4v) is 2.99. The molecule has 0 aliphatic rings. The zero-order valence-corrected chi connectivity index (χ0v) is 15.6. The quantitative estimate of drug-likeness (QED) is 0.570. The van der Waals surface area contributed by atoms with E-state index in [9.17, 15) is 4.79 Å². The number of benzene rings is 2. The average Bonchev–Trinajstić information content (AvgIpc) is 2.65. The summed E-state index contributed by atoms with van der Waals surface area (Å²) in [4.78, 5) is 15.0. The SMILES string of the molecule is CCOc1ccc2c(=O)c3ccc(OCCN(CC)CC)cc3oc2c1. The molecule has 0 fully saturated rings. The van der Waals surface area contributed by atoms with Crippen molar-refractivity contribution in [3.05, 3.63) is 46.6 Å². The van der Waals surface area contributed by atoms with E-state index >= 15 is 0 Å². The van der Waals surface area contributed by atoms with E-state index in [4.69, 9.17) is 13.9 Å². The van der Waals surface area contributed by atoms with Crippen LogP contribution in [-0.4, -0.2) is 37.7 Å². The molecule has 26 heavy (non-hydrogen) atoms. The number of likely N-dealkylation sites (N-methyl/N-ethyl adjacent to an activating group) is 1. The van der Waals surface area contributed by atoms with Crippen molar-refractivity contribution in [3.8, 4) is 11.5 Å². The van der Waals surface area contributed by atoms with Gasteiger partial charge in [0.1, 0.15) is 29.3 Å². The molecular weight excluding hydrogens is 330 g/mol. The monoisotopic (exact) mass is 355 g/mol. The minimum absolute atomic E-state index is 0.0426. The number of hydrogen-bond acceptors (Lipinski definition) is 5. The lowest BCUT2D eigenvalue weighted by molar-refractivity contribution is 0.223. The van der Waals surface area contributed by atoms with Gasteiger partial charge in [-0.05, 0) is 44.3 Å². The highest BCUT2D eigenvalue weighted by Gasteiger charge is 2.10. The van der Waals surface area contributed by atoms with Gasteiger partial charge < -0.3 is 18.8 Å². The molecule has 5 nitrogen and oxygen atoms in total. The lowest BCUT2D eigenvalue weighted by atomic mass is 10.1. The first kappa shape index (κ1) is 18.3. The summed E-state index contributed by atoms with van der Waals surface area (Å²) >= 11 is 0. The van der Waals surface area contributed by atoms with E-state index in [0.29, 0.717) is 46.7 Å². The van der Waals surface area contributed by atoms with Crippen LogP contribution in [0.1, 0.15) is 20.8 Å². The first-order valence-corrected chi connectivity index (χ1v) is 9.14. The molecule has 0 radical (unpaired) electrons. The van der Waals surface area contributed by atoms with E-state index in [2.05, 4.69) is 18.7 Å². The van der Waals surface area contributed by atoms with Gasteiger partial charge in [0, 0.05) is 18.7 Å². The highest BCUT2D eigenvalue weighted by molar-refractivity contribution is 5.90. The van der Waals surface area contributed by atoms with Crippen molar-refractivity contribution in [2.24, 2.45) is 0 Å². The molecular formula is C21H25NO4. The smallest absolute Gasteiger partial charge is 0.200 e. The van der Waals surface area contributed by atoms with Gasteiger partial charge in [-0.15, -0.1) is 0 Å². The lowest BCUT2D eigenvalue weighted by Gasteiger charge is -2.18.